The molecule has 2 fully saturated rings. The van der Waals surface area contributed by atoms with Crippen LogP contribution < -0.4 is 10.6 Å². The monoisotopic (exact) mass is 564 g/mol. The lowest BCUT2D eigenvalue weighted by Gasteiger charge is -2.33. The quantitative estimate of drug-likeness (QED) is 0.454. The van der Waals surface area contributed by atoms with Crippen LogP contribution in [0.25, 0.3) is 10.9 Å². The lowest BCUT2D eigenvalue weighted by Crippen LogP contribution is -2.57. The molecular weight excluding hydrogens is 537 g/mol. The Morgan fingerprint density at radius 2 is 1.85 bits per heavy atom. The number of benzene rings is 1. The number of carbonyl (C=O) groups excluding carboxylic acids is 3. The SMILES string of the molecule is CC1(C)[C@@H]2[C@@H](C(=O)NC(C#N)c3cncc4cccnc34)N(C(=O)[C@H](Cc3ccccc3)NC(=O)C(F)(F)F)C[C@@H]21. The molecule has 41 heavy (non-hydrogen) atoms. The van der Waals surface area contributed by atoms with E-state index < -0.39 is 42.0 Å². The zero-order valence-corrected chi connectivity index (χ0v) is 22.2. The molecule has 1 aromatic carbocycles. The first kappa shape index (κ1) is 28.0. The Morgan fingerprint density at radius 1 is 1.12 bits per heavy atom. The van der Waals surface area contributed by atoms with Gasteiger partial charge in [-0.15, -0.1) is 0 Å². The molecule has 0 spiro atoms. The van der Waals surface area contributed by atoms with Gasteiger partial charge in [0, 0.05) is 42.5 Å². The molecule has 3 aromatic rings. The highest BCUT2D eigenvalue weighted by atomic mass is 19.4. The maximum atomic E-state index is 13.8. The van der Waals surface area contributed by atoms with Crippen molar-refractivity contribution in [3.8, 4) is 6.07 Å². The Hall–Kier alpha value is -4.53. The molecule has 1 saturated carbocycles. The fraction of sp³-hybridized carbons (Fsp3) is 0.379. The molecule has 212 valence electrons. The van der Waals surface area contributed by atoms with Gasteiger partial charge in [-0.05, 0) is 34.9 Å². The summed E-state index contributed by atoms with van der Waals surface area (Å²) in [4.78, 5) is 49.1. The number of pyridine rings is 2. The minimum absolute atomic E-state index is 0.0701. The van der Waals surface area contributed by atoms with Crippen molar-refractivity contribution in [2.24, 2.45) is 17.3 Å². The second kappa shape index (κ2) is 10.5. The van der Waals surface area contributed by atoms with E-state index in [0.717, 1.165) is 0 Å². The number of likely N-dealkylation sites (tertiary alicyclic amines) is 1. The Balaban J connectivity index is 1.43. The number of nitrogens with one attached hydrogen (secondary N) is 2. The predicted molar refractivity (Wildman–Crippen MR) is 140 cm³/mol. The average molecular weight is 565 g/mol. The first-order valence-corrected chi connectivity index (χ1v) is 13.0. The van der Waals surface area contributed by atoms with E-state index in [1.807, 2.05) is 19.2 Å². The van der Waals surface area contributed by atoms with Gasteiger partial charge in [-0.2, -0.15) is 18.4 Å². The van der Waals surface area contributed by atoms with Gasteiger partial charge in [-0.3, -0.25) is 24.4 Å². The van der Waals surface area contributed by atoms with Crippen LogP contribution in [-0.4, -0.2) is 57.4 Å². The minimum Gasteiger partial charge on any atom is -0.336 e. The molecular formula is C29H27F3N6O3. The topological polar surface area (TPSA) is 128 Å². The molecule has 0 bridgehead atoms. The number of hydrogen-bond acceptors (Lipinski definition) is 6. The van der Waals surface area contributed by atoms with Crippen LogP contribution in [0, 0.1) is 28.6 Å². The lowest BCUT2D eigenvalue weighted by atomic mass is 9.97. The van der Waals surface area contributed by atoms with Crippen molar-refractivity contribution in [1.29, 1.82) is 5.26 Å². The van der Waals surface area contributed by atoms with Gasteiger partial charge in [0.05, 0.1) is 11.6 Å². The molecule has 5 atom stereocenters. The van der Waals surface area contributed by atoms with E-state index in [1.54, 1.807) is 54.9 Å². The van der Waals surface area contributed by atoms with Crippen molar-refractivity contribution in [2.45, 2.75) is 44.6 Å². The zero-order valence-electron chi connectivity index (χ0n) is 22.2. The molecule has 3 amide bonds. The van der Waals surface area contributed by atoms with Crippen LogP contribution in [0.3, 0.4) is 0 Å². The van der Waals surface area contributed by atoms with Crippen molar-refractivity contribution in [1.82, 2.24) is 25.5 Å². The van der Waals surface area contributed by atoms with Crippen molar-refractivity contribution in [3.05, 3.63) is 72.2 Å². The van der Waals surface area contributed by atoms with E-state index in [1.165, 1.54) is 11.1 Å². The highest BCUT2D eigenvalue weighted by molar-refractivity contribution is 5.95. The third-order valence-corrected chi connectivity index (χ3v) is 8.17. The maximum Gasteiger partial charge on any atom is 0.471 e. The summed E-state index contributed by atoms with van der Waals surface area (Å²) in [6.07, 6.45) is -0.813. The molecule has 12 heteroatoms. The van der Waals surface area contributed by atoms with Crippen LogP contribution in [0.1, 0.15) is 31.0 Å². The molecule has 9 nitrogen and oxygen atoms in total. The number of nitriles is 1. The van der Waals surface area contributed by atoms with Gasteiger partial charge >= 0.3 is 12.1 Å². The Labute approximate surface area is 233 Å². The van der Waals surface area contributed by atoms with E-state index in [-0.39, 0.29) is 30.2 Å². The number of halogens is 3. The molecule has 1 unspecified atom stereocenters. The largest absolute Gasteiger partial charge is 0.471 e. The smallest absolute Gasteiger partial charge is 0.336 e. The summed E-state index contributed by atoms with van der Waals surface area (Å²) >= 11 is 0. The summed E-state index contributed by atoms with van der Waals surface area (Å²) in [5.41, 5.74) is 1.10. The van der Waals surface area contributed by atoms with Gasteiger partial charge in [0.25, 0.3) is 0 Å². The second-order valence-corrected chi connectivity index (χ2v) is 11.0. The summed E-state index contributed by atoms with van der Waals surface area (Å²) in [5.74, 6) is -3.99. The van der Waals surface area contributed by atoms with Gasteiger partial charge in [-0.1, -0.05) is 44.2 Å². The van der Waals surface area contributed by atoms with Gasteiger partial charge < -0.3 is 15.5 Å². The van der Waals surface area contributed by atoms with Crippen LogP contribution in [0.15, 0.2) is 61.1 Å². The maximum absolute atomic E-state index is 13.8. The first-order chi connectivity index (χ1) is 19.4. The van der Waals surface area contributed by atoms with Crippen LogP contribution in [-0.2, 0) is 20.8 Å². The Kier molecular flexibility index (Phi) is 7.15. The highest BCUT2D eigenvalue weighted by Gasteiger charge is 2.69. The van der Waals surface area contributed by atoms with Gasteiger partial charge in [0.15, 0.2) is 0 Å². The molecule has 1 aliphatic heterocycles. The van der Waals surface area contributed by atoms with Crippen LogP contribution in [0.4, 0.5) is 13.2 Å². The number of fused-ring (bicyclic) bond motifs is 2. The van der Waals surface area contributed by atoms with Crippen molar-refractivity contribution >= 4 is 28.6 Å². The fourth-order valence-electron chi connectivity index (χ4n) is 5.94. The number of nitrogens with zero attached hydrogens (tertiary/aromatic N) is 4. The van der Waals surface area contributed by atoms with E-state index in [2.05, 4.69) is 21.4 Å². The standard InChI is InChI=1S/C29H27F3N6O3/c1-28(2)19-15-38(26(40)20(37-27(41)29(30,31)32)11-16-7-4-3-5-8-16)24(22(19)28)25(39)36-21(12-33)18-14-34-13-17-9-6-10-35-23(17)18/h3-10,13-14,19-22,24H,11,15H2,1-2H3,(H,36,39)(H,37,41)/t19-,20-,21?,22-,24-/m0/s1. The van der Waals surface area contributed by atoms with Gasteiger partial charge in [-0.25, -0.2) is 0 Å². The molecule has 3 heterocycles. The van der Waals surface area contributed by atoms with Crippen molar-refractivity contribution < 1.29 is 27.6 Å². The van der Waals surface area contributed by atoms with Crippen LogP contribution in [0.5, 0.6) is 0 Å². The number of aromatic nitrogens is 2. The van der Waals surface area contributed by atoms with Crippen LogP contribution in [0.2, 0.25) is 0 Å². The second-order valence-electron chi connectivity index (χ2n) is 11.0. The van der Waals surface area contributed by atoms with E-state index >= 15 is 0 Å². The van der Waals surface area contributed by atoms with Crippen molar-refractivity contribution in [3.63, 3.8) is 0 Å². The lowest BCUT2D eigenvalue weighted by molar-refractivity contribution is -0.175. The summed E-state index contributed by atoms with van der Waals surface area (Å²) in [6, 6.07) is 10.1. The third kappa shape index (κ3) is 5.31. The molecule has 0 radical (unpaired) electrons. The number of amides is 3. The molecule has 1 aliphatic carbocycles. The number of rotatable bonds is 7. The van der Waals surface area contributed by atoms with E-state index in [4.69, 9.17) is 0 Å². The summed E-state index contributed by atoms with van der Waals surface area (Å²) in [5, 5.41) is 15.2. The minimum atomic E-state index is -5.19. The van der Waals surface area contributed by atoms with E-state index in [0.29, 0.717) is 22.0 Å². The van der Waals surface area contributed by atoms with E-state index in [9.17, 15) is 32.8 Å². The first-order valence-electron chi connectivity index (χ1n) is 13.0. The summed E-state index contributed by atoms with van der Waals surface area (Å²) in [6.45, 7) is 4.05. The van der Waals surface area contributed by atoms with Crippen molar-refractivity contribution in [2.75, 3.05) is 6.54 Å². The Morgan fingerprint density at radius 3 is 2.54 bits per heavy atom. The molecule has 2 aliphatic rings. The fourth-order valence-corrected chi connectivity index (χ4v) is 5.94. The summed E-state index contributed by atoms with van der Waals surface area (Å²) < 4.78 is 39.5. The zero-order chi connectivity index (χ0) is 29.5. The number of carbonyl (C=O) groups is 3. The van der Waals surface area contributed by atoms with Crippen LogP contribution >= 0.6 is 0 Å². The number of alkyl halides is 3. The number of hydrogen-bond donors (Lipinski definition) is 2. The molecule has 5 rings (SSSR count). The third-order valence-electron chi connectivity index (χ3n) is 8.17. The summed E-state index contributed by atoms with van der Waals surface area (Å²) in [7, 11) is 0. The molecule has 2 aromatic heterocycles. The molecule has 1 saturated heterocycles. The van der Waals surface area contributed by atoms with Gasteiger partial charge in [0.1, 0.15) is 18.1 Å². The average Bonchev–Trinajstić information content (AvgIpc) is 3.27. The predicted octanol–water partition coefficient (Wildman–Crippen LogP) is 3.08. The normalized spacial score (nSPS) is 22.2. The Bertz CT molecular complexity index is 1530. The highest BCUT2D eigenvalue weighted by Crippen LogP contribution is 2.65. The molecule has 2 N–H and O–H groups in total. The van der Waals surface area contributed by atoms with Gasteiger partial charge in [0.2, 0.25) is 11.8 Å². The number of piperidine rings is 1.